The lowest BCUT2D eigenvalue weighted by molar-refractivity contribution is 0.398. The van der Waals surface area contributed by atoms with Crippen LogP contribution in [0.25, 0.3) is 0 Å². The third kappa shape index (κ3) is 2.20. The van der Waals surface area contributed by atoms with E-state index in [1.54, 1.807) is 6.07 Å². The van der Waals surface area contributed by atoms with Crippen molar-refractivity contribution in [2.75, 3.05) is 0 Å². The maximum atomic E-state index is 9.25. The summed E-state index contributed by atoms with van der Waals surface area (Å²) in [5.41, 5.74) is 0. The van der Waals surface area contributed by atoms with Crippen molar-refractivity contribution in [1.29, 1.82) is 0 Å². The molecule has 0 heterocycles. The fourth-order valence-electron chi connectivity index (χ4n) is 1.19. The van der Waals surface area contributed by atoms with Crippen LogP contribution < -0.4 is 4.74 Å². The number of ether oxygens (including phenoxy) is 1. The van der Waals surface area contributed by atoms with Gasteiger partial charge in [-0.15, -0.1) is 0 Å². The molecule has 3 nitrogen and oxygen atoms in total. The highest BCUT2D eigenvalue weighted by Crippen LogP contribution is 2.31. The molecule has 0 spiro atoms. The van der Waals surface area contributed by atoms with Crippen molar-refractivity contribution in [2.24, 2.45) is 0 Å². The first-order valence-corrected chi connectivity index (χ1v) is 4.50. The summed E-state index contributed by atoms with van der Waals surface area (Å²) >= 11 is 0. The Morgan fingerprint density at radius 1 is 0.733 bits per heavy atom. The summed E-state index contributed by atoms with van der Waals surface area (Å²) in [6.07, 6.45) is 0. The lowest BCUT2D eigenvalue weighted by atomic mass is 10.3. The van der Waals surface area contributed by atoms with E-state index in [2.05, 4.69) is 0 Å². The van der Waals surface area contributed by atoms with E-state index in [0.29, 0.717) is 11.5 Å². The smallest absolute Gasteiger partial charge is 0.161 e. The van der Waals surface area contributed by atoms with E-state index in [1.165, 1.54) is 12.1 Å². The fourth-order valence-corrected chi connectivity index (χ4v) is 1.19. The monoisotopic (exact) mass is 202 g/mol. The minimum Gasteiger partial charge on any atom is -0.504 e. The van der Waals surface area contributed by atoms with Crippen molar-refractivity contribution in [3.63, 3.8) is 0 Å². The molecule has 0 saturated heterocycles. The third-order valence-electron chi connectivity index (χ3n) is 1.93. The molecule has 0 saturated carbocycles. The van der Waals surface area contributed by atoms with Gasteiger partial charge in [-0.25, -0.2) is 0 Å². The van der Waals surface area contributed by atoms with Crippen molar-refractivity contribution in [3.8, 4) is 23.0 Å². The third-order valence-corrected chi connectivity index (χ3v) is 1.93. The van der Waals surface area contributed by atoms with Crippen LogP contribution >= 0.6 is 0 Å². The first-order valence-electron chi connectivity index (χ1n) is 4.50. The molecule has 0 aliphatic rings. The van der Waals surface area contributed by atoms with Crippen LogP contribution in [0.1, 0.15) is 0 Å². The highest BCUT2D eigenvalue weighted by Gasteiger charge is 2.01. The average molecular weight is 202 g/mol. The van der Waals surface area contributed by atoms with Gasteiger partial charge in [0.05, 0.1) is 0 Å². The van der Waals surface area contributed by atoms with Gasteiger partial charge in [0.2, 0.25) is 0 Å². The molecule has 0 unspecified atom stereocenters. The van der Waals surface area contributed by atoms with E-state index >= 15 is 0 Å². The van der Waals surface area contributed by atoms with Crippen molar-refractivity contribution < 1.29 is 14.9 Å². The van der Waals surface area contributed by atoms with Crippen LogP contribution in [0, 0.1) is 0 Å². The molecule has 0 fully saturated rings. The standard InChI is InChI=1S/C12H10O3/c13-11-7-6-10(8-12(11)14)15-9-4-2-1-3-5-9/h1-8,13-14H. The molecule has 15 heavy (non-hydrogen) atoms. The molecule has 0 aliphatic heterocycles. The van der Waals surface area contributed by atoms with Crippen molar-refractivity contribution in [2.45, 2.75) is 0 Å². The number of benzene rings is 2. The van der Waals surface area contributed by atoms with Gasteiger partial charge < -0.3 is 14.9 Å². The lowest BCUT2D eigenvalue weighted by Gasteiger charge is -2.06. The van der Waals surface area contributed by atoms with Crippen LogP contribution in [0.4, 0.5) is 0 Å². The maximum absolute atomic E-state index is 9.25. The van der Waals surface area contributed by atoms with Gasteiger partial charge in [-0.3, -0.25) is 0 Å². The molecule has 0 radical (unpaired) electrons. The summed E-state index contributed by atoms with van der Waals surface area (Å²) < 4.78 is 5.44. The zero-order chi connectivity index (χ0) is 10.7. The van der Waals surface area contributed by atoms with Crippen molar-refractivity contribution >= 4 is 0 Å². The van der Waals surface area contributed by atoms with Gasteiger partial charge in [0.1, 0.15) is 11.5 Å². The highest BCUT2D eigenvalue weighted by atomic mass is 16.5. The van der Waals surface area contributed by atoms with Crippen LogP contribution in [-0.2, 0) is 0 Å². The van der Waals surface area contributed by atoms with Gasteiger partial charge >= 0.3 is 0 Å². The van der Waals surface area contributed by atoms with Crippen molar-refractivity contribution in [3.05, 3.63) is 48.5 Å². The van der Waals surface area contributed by atoms with Gasteiger partial charge in [0, 0.05) is 6.07 Å². The number of hydrogen-bond donors (Lipinski definition) is 2. The molecular weight excluding hydrogens is 192 g/mol. The van der Waals surface area contributed by atoms with Crippen LogP contribution in [0.3, 0.4) is 0 Å². The van der Waals surface area contributed by atoms with Crippen LogP contribution in [0.5, 0.6) is 23.0 Å². The first kappa shape index (κ1) is 9.40. The quantitative estimate of drug-likeness (QED) is 0.736. The van der Waals surface area contributed by atoms with Crippen LogP contribution in [0.2, 0.25) is 0 Å². The molecule has 76 valence electrons. The number of hydrogen-bond acceptors (Lipinski definition) is 3. The SMILES string of the molecule is Oc1ccc(Oc2ccccc2)cc1O. The Morgan fingerprint density at radius 2 is 1.47 bits per heavy atom. The first-order chi connectivity index (χ1) is 7.25. The topological polar surface area (TPSA) is 49.7 Å². The van der Waals surface area contributed by atoms with E-state index < -0.39 is 0 Å². The molecule has 0 aliphatic carbocycles. The molecular formula is C12H10O3. The van der Waals surface area contributed by atoms with Gasteiger partial charge in [-0.05, 0) is 24.3 Å². The van der Waals surface area contributed by atoms with Crippen LogP contribution in [0.15, 0.2) is 48.5 Å². The molecule has 2 aromatic carbocycles. The highest BCUT2D eigenvalue weighted by molar-refractivity contribution is 5.44. The Labute approximate surface area is 87.2 Å². The summed E-state index contributed by atoms with van der Waals surface area (Å²) in [5.74, 6) is 0.818. The molecule has 0 amide bonds. The summed E-state index contributed by atoms with van der Waals surface area (Å²) in [4.78, 5) is 0. The molecule has 2 rings (SSSR count). The predicted molar refractivity (Wildman–Crippen MR) is 56.3 cm³/mol. The normalized spacial score (nSPS) is 9.87. The second kappa shape index (κ2) is 3.92. The van der Waals surface area contributed by atoms with Gasteiger partial charge in [-0.1, -0.05) is 18.2 Å². The molecule has 2 aromatic rings. The summed E-state index contributed by atoms with van der Waals surface area (Å²) in [7, 11) is 0. The molecule has 2 N–H and O–H groups in total. The number of aromatic hydroxyl groups is 2. The summed E-state index contributed by atoms with van der Waals surface area (Å²) in [5, 5.41) is 18.4. The van der Waals surface area contributed by atoms with Crippen molar-refractivity contribution in [1.82, 2.24) is 0 Å². The molecule has 0 aromatic heterocycles. The van der Waals surface area contributed by atoms with E-state index in [1.807, 2.05) is 30.3 Å². The minimum atomic E-state index is -0.191. The van der Waals surface area contributed by atoms with E-state index in [0.717, 1.165) is 0 Å². The molecule has 3 heteroatoms. The van der Waals surface area contributed by atoms with Crippen LogP contribution in [-0.4, -0.2) is 10.2 Å². The fraction of sp³-hybridized carbons (Fsp3) is 0. The van der Waals surface area contributed by atoms with Gasteiger partial charge in [0.25, 0.3) is 0 Å². The molecule has 0 bridgehead atoms. The number of para-hydroxylation sites is 1. The second-order valence-electron chi connectivity index (χ2n) is 3.07. The molecule has 0 atom stereocenters. The number of phenolic OH excluding ortho intramolecular Hbond substituents is 2. The Bertz CT molecular complexity index is 452. The van der Waals surface area contributed by atoms with Gasteiger partial charge in [0.15, 0.2) is 11.5 Å². The van der Waals surface area contributed by atoms with E-state index in [4.69, 9.17) is 9.84 Å². The second-order valence-corrected chi connectivity index (χ2v) is 3.07. The summed E-state index contributed by atoms with van der Waals surface area (Å²) in [6, 6.07) is 13.6. The van der Waals surface area contributed by atoms with E-state index in [-0.39, 0.29) is 11.5 Å². The zero-order valence-electron chi connectivity index (χ0n) is 7.92. The lowest BCUT2D eigenvalue weighted by Crippen LogP contribution is -1.82. The minimum absolute atomic E-state index is 0.157. The zero-order valence-corrected chi connectivity index (χ0v) is 7.92. The summed E-state index contributed by atoms with van der Waals surface area (Å²) in [6.45, 7) is 0. The number of rotatable bonds is 2. The predicted octanol–water partition coefficient (Wildman–Crippen LogP) is 2.89. The average Bonchev–Trinajstić information content (AvgIpc) is 2.25. The Hall–Kier alpha value is -2.16. The Kier molecular flexibility index (Phi) is 2.46. The number of phenols is 2. The Morgan fingerprint density at radius 3 is 2.13 bits per heavy atom. The Balaban J connectivity index is 2.22. The van der Waals surface area contributed by atoms with E-state index in [9.17, 15) is 5.11 Å². The largest absolute Gasteiger partial charge is 0.504 e. The maximum Gasteiger partial charge on any atom is 0.161 e. The van der Waals surface area contributed by atoms with Gasteiger partial charge in [-0.2, -0.15) is 0 Å².